The normalized spacial score (nSPS) is 19.9. The maximum absolute atomic E-state index is 13.4. The summed E-state index contributed by atoms with van der Waals surface area (Å²) in [5, 5.41) is 13.3. The van der Waals surface area contributed by atoms with E-state index in [4.69, 9.17) is 0 Å². The second kappa shape index (κ2) is 9.04. The van der Waals surface area contributed by atoms with Crippen molar-refractivity contribution in [3.05, 3.63) is 29.8 Å². The minimum atomic E-state index is -0.327. The van der Waals surface area contributed by atoms with E-state index in [0.717, 1.165) is 51.1 Å². The highest BCUT2D eigenvalue weighted by Crippen LogP contribution is 2.28. The van der Waals surface area contributed by atoms with E-state index in [-0.39, 0.29) is 23.7 Å². The van der Waals surface area contributed by atoms with Gasteiger partial charge in [0.2, 0.25) is 5.91 Å². The highest BCUT2D eigenvalue weighted by molar-refractivity contribution is 5.83. The maximum Gasteiger partial charge on any atom is 0.244 e. The van der Waals surface area contributed by atoms with E-state index in [9.17, 15) is 9.90 Å². The number of carbonyl (C=O) groups is 1. The molecule has 1 fully saturated rings. The van der Waals surface area contributed by atoms with E-state index >= 15 is 0 Å². The van der Waals surface area contributed by atoms with Crippen LogP contribution in [0.2, 0.25) is 0 Å². The van der Waals surface area contributed by atoms with E-state index < -0.39 is 0 Å². The molecule has 1 aliphatic rings. The molecule has 0 spiro atoms. The molecule has 2 atom stereocenters. The van der Waals surface area contributed by atoms with Gasteiger partial charge in [-0.3, -0.25) is 9.69 Å². The molecule has 0 aliphatic carbocycles. The van der Waals surface area contributed by atoms with Gasteiger partial charge < -0.3 is 15.3 Å². The van der Waals surface area contributed by atoms with Crippen LogP contribution in [0, 0.1) is 0 Å². The third kappa shape index (κ3) is 4.48. The number of nitrogens with zero attached hydrogens (tertiary/aromatic N) is 2. The Hall–Kier alpha value is -1.59. The molecule has 2 rings (SSSR count). The highest BCUT2D eigenvalue weighted by Gasteiger charge is 2.34. The second-order valence-corrected chi connectivity index (χ2v) is 6.61. The van der Waals surface area contributed by atoms with E-state index in [1.165, 1.54) is 0 Å². The number of benzene rings is 1. The zero-order valence-electron chi connectivity index (χ0n) is 15.2. The Morgan fingerprint density at radius 1 is 1.38 bits per heavy atom. The van der Waals surface area contributed by atoms with E-state index in [1.54, 1.807) is 12.1 Å². The lowest BCUT2D eigenvalue weighted by Gasteiger charge is -2.41. The van der Waals surface area contributed by atoms with Crippen LogP contribution in [-0.2, 0) is 4.79 Å². The molecular formula is C19H31N3O2. The van der Waals surface area contributed by atoms with Crippen LogP contribution in [0.15, 0.2) is 24.3 Å². The zero-order chi connectivity index (χ0) is 17.5. The van der Waals surface area contributed by atoms with E-state index in [1.807, 2.05) is 17.0 Å². The summed E-state index contributed by atoms with van der Waals surface area (Å²) < 4.78 is 0. The SMILES string of the molecule is CCCN(CCC)C(=O)C(c1cccc(O)c1)N1CCNCC1C. The number of nitrogens with one attached hydrogen (secondary N) is 1. The molecule has 1 heterocycles. The fraction of sp³-hybridized carbons (Fsp3) is 0.632. The lowest BCUT2D eigenvalue weighted by Crippen LogP contribution is -2.54. The fourth-order valence-electron chi connectivity index (χ4n) is 3.46. The molecule has 0 aromatic heterocycles. The van der Waals surface area contributed by atoms with Gasteiger partial charge in [0.05, 0.1) is 0 Å². The molecule has 134 valence electrons. The Kier molecular flexibility index (Phi) is 7.06. The van der Waals surface area contributed by atoms with Gasteiger partial charge in [0.25, 0.3) is 0 Å². The fourth-order valence-corrected chi connectivity index (χ4v) is 3.46. The third-order valence-electron chi connectivity index (χ3n) is 4.60. The van der Waals surface area contributed by atoms with Gasteiger partial charge in [-0.05, 0) is 37.5 Å². The van der Waals surface area contributed by atoms with E-state index in [0.29, 0.717) is 0 Å². The van der Waals surface area contributed by atoms with Gasteiger partial charge in [-0.1, -0.05) is 26.0 Å². The first-order chi connectivity index (χ1) is 11.6. The minimum Gasteiger partial charge on any atom is -0.508 e. The van der Waals surface area contributed by atoms with Gasteiger partial charge in [0.1, 0.15) is 11.8 Å². The summed E-state index contributed by atoms with van der Waals surface area (Å²) in [7, 11) is 0. The van der Waals surface area contributed by atoms with Gasteiger partial charge in [0, 0.05) is 38.8 Å². The molecule has 5 heteroatoms. The second-order valence-electron chi connectivity index (χ2n) is 6.61. The van der Waals surface area contributed by atoms with Crippen LogP contribution < -0.4 is 5.32 Å². The van der Waals surface area contributed by atoms with Gasteiger partial charge in [-0.25, -0.2) is 0 Å². The minimum absolute atomic E-state index is 0.151. The molecule has 0 radical (unpaired) electrons. The standard InChI is InChI=1S/C19H31N3O2/c1-4-10-21(11-5-2)19(24)18(16-7-6-8-17(23)13-16)22-12-9-20-14-15(22)3/h6-8,13,15,18,20,23H,4-5,9-12,14H2,1-3H3. The van der Waals surface area contributed by atoms with Crippen molar-refractivity contribution in [1.82, 2.24) is 15.1 Å². The number of carbonyl (C=O) groups excluding carboxylic acids is 1. The highest BCUT2D eigenvalue weighted by atomic mass is 16.3. The van der Waals surface area contributed by atoms with Crippen molar-refractivity contribution < 1.29 is 9.90 Å². The molecule has 1 aromatic carbocycles. The predicted molar refractivity (Wildman–Crippen MR) is 97.0 cm³/mol. The Morgan fingerprint density at radius 3 is 2.67 bits per heavy atom. The molecule has 0 saturated carbocycles. The first kappa shape index (κ1) is 18.7. The molecule has 1 aromatic rings. The van der Waals surface area contributed by atoms with Crippen LogP contribution in [0.3, 0.4) is 0 Å². The maximum atomic E-state index is 13.4. The predicted octanol–water partition coefficient (Wildman–Crippen LogP) is 2.38. The van der Waals surface area contributed by atoms with Gasteiger partial charge in [-0.2, -0.15) is 0 Å². The molecule has 1 saturated heterocycles. The Balaban J connectivity index is 2.35. The molecule has 0 bridgehead atoms. The van der Waals surface area contributed by atoms with Crippen molar-refractivity contribution >= 4 is 5.91 Å². The molecule has 1 amide bonds. The lowest BCUT2D eigenvalue weighted by molar-refractivity contribution is -0.138. The lowest BCUT2D eigenvalue weighted by atomic mass is 10.00. The number of phenols is 1. The average molecular weight is 333 g/mol. The summed E-state index contributed by atoms with van der Waals surface area (Å²) in [5.74, 6) is 0.365. The number of piperazine rings is 1. The van der Waals surface area contributed by atoms with Crippen molar-refractivity contribution in [2.45, 2.75) is 45.7 Å². The smallest absolute Gasteiger partial charge is 0.244 e. The van der Waals surface area contributed by atoms with Crippen LogP contribution in [0.5, 0.6) is 5.75 Å². The average Bonchev–Trinajstić information content (AvgIpc) is 2.56. The number of aromatic hydroxyl groups is 1. The Labute approximate surface area is 145 Å². The monoisotopic (exact) mass is 333 g/mol. The first-order valence-corrected chi connectivity index (χ1v) is 9.12. The molecule has 24 heavy (non-hydrogen) atoms. The number of amides is 1. The van der Waals surface area contributed by atoms with Crippen molar-refractivity contribution in [2.24, 2.45) is 0 Å². The number of phenolic OH excluding ortho intramolecular Hbond substituents is 1. The molecular weight excluding hydrogens is 302 g/mol. The third-order valence-corrected chi connectivity index (χ3v) is 4.60. The Morgan fingerprint density at radius 2 is 2.08 bits per heavy atom. The van der Waals surface area contributed by atoms with Crippen LogP contribution in [0.1, 0.15) is 45.2 Å². The van der Waals surface area contributed by atoms with Gasteiger partial charge in [0.15, 0.2) is 0 Å². The van der Waals surface area contributed by atoms with Crippen LogP contribution in [0.4, 0.5) is 0 Å². The van der Waals surface area contributed by atoms with Gasteiger partial charge in [-0.15, -0.1) is 0 Å². The zero-order valence-corrected chi connectivity index (χ0v) is 15.2. The van der Waals surface area contributed by atoms with Crippen molar-refractivity contribution in [3.63, 3.8) is 0 Å². The number of rotatable bonds is 7. The Bertz CT molecular complexity index is 529. The number of hydrogen-bond acceptors (Lipinski definition) is 4. The largest absolute Gasteiger partial charge is 0.508 e. The number of hydrogen-bond donors (Lipinski definition) is 2. The van der Waals surface area contributed by atoms with Crippen LogP contribution >= 0.6 is 0 Å². The first-order valence-electron chi connectivity index (χ1n) is 9.12. The van der Waals surface area contributed by atoms with Crippen LogP contribution in [0.25, 0.3) is 0 Å². The topological polar surface area (TPSA) is 55.8 Å². The molecule has 2 unspecified atom stereocenters. The van der Waals surface area contributed by atoms with Gasteiger partial charge >= 0.3 is 0 Å². The molecule has 5 nitrogen and oxygen atoms in total. The van der Waals surface area contributed by atoms with E-state index in [2.05, 4.69) is 31.0 Å². The summed E-state index contributed by atoms with van der Waals surface area (Å²) in [6, 6.07) is 7.11. The summed E-state index contributed by atoms with van der Waals surface area (Å²) in [6.07, 6.45) is 1.91. The quantitative estimate of drug-likeness (QED) is 0.804. The van der Waals surface area contributed by atoms with Crippen molar-refractivity contribution in [1.29, 1.82) is 0 Å². The summed E-state index contributed by atoms with van der Waals surface area (Å²) in [4.78, 5) is 17.6. The van der Waals surface area contributed by atoms with Crippen molar-refractivity contribution in [2.75, 3.05) is 32.7 Å². The molecule has 2 N–H and O–H groups in total. The van der Waals surface area contributed by atoms with Crippen LogP contribution in [-0.4, -0.2) is 59.6 Å². The van der Waals surface area contributed by atoms with Crippen molar-refractivity contribution in [3.8, 4) is 5.75 Å². The molecule has 1 aliphatic heterocycles. The summed E-state index contributed by atoms with van der Waals surface area (Å²) in [6.45, 7) is 10.5. The summed E-state index contributed by atoms with van der Waals surface area (Å²) in [5.41, 5.74) is 0.881. The summed E-state index contributed by atoms with van der Waals surface area (Å²) >= 11 is 0.